The van der Waals surface area contributed by atoms with Crippen molar-refractivity contribution >= 4 is 27.7 Å². The molecule has 29 heavy (non-hydrogen) atoms. The number of amides is 1. The van der Waals surface area contributed by atoms with Crippen LogP contribution in [0.15, 0.2) is 76.2 Å². The number of anilines is 1. The van der Waals surface area contributed by atoms with Gasteiger partial charge in [0.1, 0.15) is 5.76 Å². The lowest BCUT2D eigenvalue weighted by molar-refractivity contribution is -0.111. The lowest BCUT2D eigenvalue weighted by atomic mass is 10.1. The monoisotopic (exact) mass is 410 g/mol. The number of benzene rings is 2. The van der Waals surface area contributed by atoms with Crippen LogP contribution in [0.25, 0.3) is 6.08 Å². The van der Waals surface area contributed by atoms with E-state index in [1.165, 1.54) is 24.5 Å². The normalized spacial score (nSPS) is 11.7. The smallest absolute Gasteiger partial charge is 0.248 e. The van der Waals surface area contributed by atoms with Crippen molar-refractivity contribution in [3.63, 3.8) is 0 Å². The fourth-order valence-electron chi connectivity index (χ4n) is 2.60. The van der Waals surface area contributed by atoms with E-state index in [1.54, 1.807) is 30.3 Å². The van der Waals surface area contributed by atoms with Crippen LogP contribution in [-0.4, -0.2) is 14.3 Å². The van der Waals surface area contributed by atoms with Gasteiger partial charge in [0.15, 0.2) is 0 Å². The van der Waals surface area contributed by atoms with Crippen molar-refractivity contribution in [3.05, 3.63) is 89.4 Å². The van der Waals surface area contributed by atoms with E-state index in [0.29, 0.717) is 11.3 Å². The van der Waals surface area contributed by atoms with Crippen LogP contribution in [0, 0.1) is 13.8 Å². The molecule has 0 spiro atoms. The molecule has 0 aliphatic carbocycles. The van der Waals surface area contributed by atoms with Crippen LogP contribution in [0.3, 0.4) is 0 Å². The SMILES string of the molecule is Cc1ccc(NC(=O)/C=C/c2ccc(S(=O)(=O)NCc3ccco3)cc2)cc1C. The first-order valence-electron chi connectivity index (χ1n) is 9.02. The van der Waals surface area contributed by atoms with Gasteiger partial charge in [0.05, 0.1) is 17.7 Å². The molecule has 0 unspecified atom stereocenters. The molecule has 7 heteroatoms. The lowest BCUT2D eigenvalue weighted by Gasteiger charge is -2.06. The molecule has 1 amide bonds. The van der Waals surface area contributed by atoms with Gasteiger partial charge in [-0.2, -0.15) is 0 Å². The first-order valence-corrected chi connectivity index (χ1v) is 10.5. The highest BCUT2D eigenvalue weighted by molar-refractivity contribution is 7.89. The number of carbonyl (C=O) groups excluding carboxylic acids is 1. The summed E-state index contributed by atoms with van der Waals surface area (Å²) >= 11 is 0. The number of hydrogen-bond acceptors (Lipinski definition) is 4. The molecule has 0 saturated heterocycles. The summed E-state index contributed by atoms with van der Waals surface area (Å²) in [5.74, 6) is 0.271. The van der Waals surface area contributed by atoms with Crippen LogP contribution in [0.5, 0.6) is 0 Å². The number of furan rings is 1. The first kappa shape index (κ1) is 20.6. The molecular formula is C22H22N2O4S. The summed E-state index contributed by atoms with van der Waals surface area (Å²) in [5, 5.41) is 2.81. The Kier molecular flexibility index (Phi) is 6.31. The van der Waals surface area contributed by atoms with Gasteiger partial charge < -0.3 is 9.73 Å². The number of nitrogens with one attached hydrogen (secondary N) is 2. The number of hydrogen-bond donors (Lipinski definition) is 2. The quantitative estimate of drug-likeness (QED) is 0.576. The molecule has 0 fully saturated rings. The van der Waals surface area contributed by atoms with E-state index in [2.05, 4.69) is 10.0 Å². The summed E-state index contributed by atoms with van der Waals surface area (Å²) < 4.78 is 32.2. The predicted octanol–water partition coefficient (Wildman–Crippen LogP) is 4.03. The van der Waals surface area contributed by atoms with Gasteiger partial charge >= 0.3 is 0 Å². The second kappa shape index (κ2) is 8.89. The van der Waals surface area contributed by atoms with Crippen molar-refractivity contribution in [3.8, 4) is 0 Å². The van der Waals surface area contributed by atoms with Crippen LogP contribution in [0.4, 0.5) is 5.69 Å². The highest BCUT2D eigenvalue weighted by atomic mass is 32.2. The molecule has 3 rings (SSSR count). The largest absolute Gasteiger partial charge is 0.468 e. The van der Waals surface area contributed by atoms with E-state index < -0.39 is 10.0 Å². The number of sulfonamides is 1. The maximum atomic E-state index is 12.3. The Bertz CT molecular complexity index is 1120. The van der Waals surface area contributed by atoms with Crippen LogP contribution in [0.2, 0.25) is 0 Å². The number of aryl methyl sites for hydroxylation is 2. The van der Waals surface area contributed by atoms with Gasteiger partial charge in [-0.1, -0.05) is 18.2 Å². The van der Waals surface area contributed by atoms with Crippen LogP contribution in [0.1, 0.15) is 22.5 Å². The molecule has 6 nitrogen and oxygen atoms in total. The average molecular weight is 410 g/mol. The van der Waals surface area contributed by atoms with Crippen molar-refractivity contribution < 1.29 is 17.6 Å². The average Bonchev–Trinajstić information content (AvgIpc) is 3.22. The summed E-state index contributed by atoms with van der Waals surface area (Å²) in [6.45, 7) is 4.08. The second-order valence-electron chi connectivity index (χ2n) is 6.59. The minimum atomic E-state index is -3.65. The van der Waals surface area contributed by atoms with Crippen LogP contribution < -0.4 is 10.0 Å². The molecule has 3 aromatic rings. The maximum absolute atomic E-state index is 12.3. The minimum absolute atomic E-state index is 0.0790. The highest BCUT2D eigenvalue weighted by Crippen LogP contribution is 2.15. The summed E-state index contributed by atoms with van der Waals surface area (Å²) in [7, 11) is -3.65. The molecule has 0 saturated carbocycles. The minimum Gasteiger partial charge on any atom is -0.468 e. The number of carbonyl (C=O) groups is 1. The summed E-state index contributed by atoms with van der Waals surface area (Å²) in [5.41, 5.74) is 3.70. The zero-order valence-electron chi connectivity index (χ0n) is 16.2. The molecule has 0 bridgehead atoms. The maximum Gasteiger partial charge on any atom is 0.248 e. The molecule has 2 N–H and O–H groups in total. The van der Waals surface area contributed by atoms with Gasteiger partial charge in [0.2, 0.25) is 15.9 Å². The summed E-state index contributed by atoms with van der Waals surface area (Å²) in [4.78, 5) is 12.2. The molecule has 0 aliphatic heterocycles. The van der Waals surface area contributed by atoms with Crippen LogP contribution >= 0.6 is 0 Å². The number of rotatable bonds is 7. The fraction of sp³-hybridized carbons (Fsp3) is 0.136. The molecule has 1 heterocycles. The highest BCUT2D eigenvalue weighted by Gasteiger charge is 2.14. The standard InChI is InChI=1S/C22H22N2O4S/c1-16-5-9-19(14-17(16)2)24-22(25)12-8-18-6-10-21(11-7-18)29(26,27)23-15-20-4-3-13-28-20/h3-14,23H,15H2,1-2H3,(H,24,25)/b12-8+. The lowest BCUT2D eigenvalue weighted by Crippen LogP contribution is -2.22. The van der Waals surface area contributed by atoms with Crippen molar-refractivity contribution in [2.24, 2.45) is 0 Å². The van der Waals surface area contributed by atoms with Gasteiger partial charge in [-0.15, -0.1) is 0 Å². The van der Waals surface area contributed by atoms with E-state index >= 15 is 0 Å². The van der Waals surface area contributed by atoms with Crippen molar-refractivity contribution in [2.45, 2.75) is 25.3 Å². The van der Waals surface area contributed by atoms with Crippen molar-refractivity contribution in [1.82, 2.24) is 4.72 Å². The Balaban J connectivity index is 1.60. The Morgan fingerprint density at radius 2 is 1.79 bits per heavy atom. The zero-order chi connectivity index (χ0) is 20.9. The molecule has 0 radical (unpaired) electrons. The Hall–Kier alpha value is -3.16. The molecule has 1 aromatic heterocycles. The molecule has 2 aromatic carbocycles. The van der Waals surface area contributed by atoms with Gasteiger partial charge in [-0.05, 0) is 73.0 Å². The summed E-state index contributed by atoms with van der Waals surface area (Å²) in [6, 6.07) is 15.4. The van der Waals surface area contributed by atoms with E-state index in [0.717, 1.165) is 16.8 Å². The molecule has 150 valence electrons. The molecule has 0 atom stereocenters. The van der Waals surface area contributed by atoms with Gasteiger partial charge in [-0.25, -0.2) is 13.1 Å². The Labute approximate surface area is 170 Å². The molecular weight excluding hydrogens is 388 g/mol. The second-order valence-corrected chi connectivity index (χ2v) is 8.36. The van der Waals surface area contributed by atoms with E-state index in [4.69, 9.17) is 4.42 Å². The Morgan fingerprint density at radius 1 is 1.03 bits per heavy atom. The predicted molar refractivity (Wildman–Crippen MR) is 113 cm³/mol. The molecule has 0 aliphatic rings. The van der Waals surface area contributed by atoms with Gasteiger partial charge in [0.25, 0.3) is 0 Å². The third kappa shape index (κ3) is 5.66. The van der Waals surface area contributed by atoms with Gasteiger partial charge in [0, 0.05) is 11.8 Å². The first-order chi connectivity index (χ1) is 13.8. The topological polar surface area (TPSA) is 88.4 Å². The van der Waals surface area contributed by atoms with E-state index in [1.807, 2.05) is 32.0 Å². The van der Waals surface area contributed by atoms with Crippen molar-refractivity contribution in [1.29, 1.82) is 0 Å². The summed E-state index contributed by atoms with van der Waals surface area (Å²) in [6.07, 6.45) is 4.53. The zero-order valence-corrected chi connectivity index (χ0v) is 17.0. The van der Waals surface area contributed by atoms with E-state index in [-0.39, 0.29) is 17.3 Å². The fourth-order valence-corrected chi connectivity index (χ4v) is 3.59. The Morgan fingerprint density at radius 3 is 2.45 bits per heavy atom. The van der Waals surface area contributed by atoms with E-state index in [9.17, 15) is 13.2 Å². The van der Waals surface area contributed by atoms with Crippen molar-refractivity contribution in [2.75, 3.05) is 5.32 Å². The third-order valence-electron chi connectivity index (χ3n) is 4.41. The third-order valence-corrected chi connectivity index (χ3v) is 5.83. The van der Waals surface area contributed by atoms with Gasteiger partial charge in [-0.3, -0.25) is 4.79 Å². The van der Waals surface area contributed by atoms with Crippen LogP contribution in [-0.2, 0) is 21.4 Å².